The van der Waals surface area contributed by atoms with Gasteiger partial charge in [0.05, 0.1) is 25.8 Å². The number of anilines is 1. The molecule has 0 saturated heterocycles. The van der Waals surface area contributed by atoms with E-state index in [2.05, 4.69) is 5.43 Å². The summed E-state index contributed by atoms with van der Waals surface area (Å²) >= 11 is 22.9. The van der Waals surface area contributed by atoms with E-state index in [1.807, 2.05) is 0 Å². The van der Waals surface area contributed by atoms with Crippen molar-refractivity contribution in [1.29, 1.82) is 0 Å². The minimum Gasteiger partial charge on any atom is -0.321 e. The maximum Gasteiger partial charge on any atom is 0.466 e. The third-order valence-corrected chi connectivity index (χ3v) is 2.83. The SMILES string of the molecule is NNc1c(Cl)c(Cl)cc(Cl)c1Cl.O=P(O)(O)O. The molecule has 17 heavy (non-hydrogen) atoms. The summed E-state index contributed by atoms with van der Waals surface area (Å²) in [7, 11) is -4.64. The van der Waals surface area contributed by atoms with Crippen LogP contribution in [0.3, 0.4) is 0 Å². The van der Waals surface area contributed by atoms with E-state index in [-0.39, 0.29) is 10.0 Å². The van der Waals surface area contributed by atoms with E-state index in [9.17, 15) is 0 Å². The second-order valence-electron chi connectivity index (χ2n) is 2.50. The lowest BCUT2D eigenvalue weighted by Crippen LogP contribution is -2.08. The predicted octanol–water partition coefficient (Wildman–Crippen LogP) is 2.66. The largest absolute Gasteiger partial charge is 0.466 e. The molecule has 6 N–H and O–H groups in total. The average Bonchev–Trinajstić information content (AvgIpc) is 2.13. The van der Waals surface area contributed by atoms with Gasteiger partial charge in [0.25, 0.3) is 0 Å². The molecule has 1 aromatic rings. The summed E-state index contributed by atoms with van der Waals surface area (Å²) in [4.78, 5) is 21.6. The molecule has 0 radical (unpaired) electrons. The third-order valence-electron chi connectivity index (χ3n) is 1.26. The highest BCUT2D eigenvalue weighted by atomic mass is 35.5. The third kappa shape index (κ3) is 6.67. The number of hydrogen-bond donors (Lipinski definition) is 5. The van der Waals surface area contributed by atoms with Crippen molar-refractivity contribution in [1.82, 2.24) is 0 Å². The van der Waals surface area contributed by atoms with Crippen LogP contribution < -0.4 is 11.3 Å². The second kappa shape index (κ2) is 6.99. The topological polar surface area (TPSA) is 116 Å². The summed E-state index contributed by atoms with van der Waals surface area (Å²) in [5.41, 5.74) is 2.64. The molecule has 0 aliphatic carbocycles. The number of rotatable bonds is 1. The van der Waals surface area contributed by atoms with Crippen LogP contribution in [-0.4, -0.2) is 14.7 Å². The molecule has 0 aliphatic heterocycles. The Bertz CT molecular complexity index is 418. The Labute approximate surface area is 116 Å². The zero-order valence-corrected chi connectivity index (χ0v) is 11.8. The molecule has 0 fully saturated rings. The van der Waals surface area contributed by atoms with E-state index in [0.29, 0.717) is 15.7 Å². The van der Waals surface area contributed by atoms with Crippen LogP contribution in [0.5, 0.6) is 0 Å². The lowest BCUT2D eigenvalue weighted by atomic mass is 10.3. The number of hydrogen-bond acceptors (Lipinski definition) is 3. The first-order valence-electron chi connectivity index (χ1n) is 3.65. The van der Waals surface area contributed by atoms with Crippen molar-refractivity contribution in [3.8, 4) is 0 Å². The summed E-state index contributed by atoms with van der Waals surface area (Å²) in [6.07, 6.45) is 0. The highest BCUT2D eigenvalue weighted by Gasteiger charge is 2.12. The summed E-state index contributed by atoms with van der Waals surface area (Å²) in [6.45, 7) is 0. The fraction of sp³-hybridized carbons (Fsp3) is 0. The van der Waals surface area contributed by atoms with Crippen LogP contribution in [0.25, 0.3) is 0 Å². The van der Waals surface area contributed by atoms with Crippen molar-refractivity contribution >= 4 is 59.9 Å². The molecule has 0 aromatic heterocycles. The van der Waals surface area contributed by atoms with E-state index in [1.165, 1.54) is 6.07 Å². The molecule has 0 heterocycles. The fourth-order valence-corrected chi connectivity index (χ4v) is 1.62. The van der Waals surface area contributed by atoms with Crippen molar-refractivity contribution in [3.05, 3.63) is 26.2 Å². The molecule has 0 bridgehead atoms. The monoisotopic (exact) mass is 342 g/mol. The first-order chi connectivity index (χ1) is 7.57. The Kier molecular flexibility index (Phi) is 7.09. The van der Waals surface area contributed by atoms with Crippen molar-refractivity contribution in [2.24, 2.45) is 5.84 Å². The number of phosphoric acid groups is 1. The molecule has 1 rings (SSSR count). The number of hydrazine groups is 1. The van der Waals surface area contributed by atoms with Crippen molar-refractivity contribution in [2.75, 3.05) is 5.43 Å². The standard InChI is InChI=1S/C6H4Cl4N2.H3O4P/c7-2-1-3(8)5(10)6(12-11)4(2)9;1-5(2,3)4/h1,12H,11H2;(H3,1,2,3,4). The first-order valence-corrected chi connectivity index (χ1v) is 6.73. The van der Waals surface area contributed by atoms with Gasteiger partial charge in [0.2, 0.25) is 0 Å². The number of benzene rings is 1. The highest BCUT2D eigenvalue weighted by Crippen LogP contribution is 2.40. The van der Waals surface area contributed by atoms with Gasteiger partial charge in [0.1, 0.15) is 0 Å². The van der Waals surface area contributed by atoms with E-state index in [1.54, 1.807) is 0 Å². The van der Waals surface area contributed by atoms with Gasteiger partial charge in [-0.15, -0.1) is 0 Å². The zero-order valence-electron chi connectivity index (χ0n) is 7.86. The van der Waals surface area contributed by atoms with Gasteiger partial charge in [0.15, 0.2) is 0 Å². The molecule has 1 aromatic carbocycles. The van der Waals surface area contributed by atoms with Gasteiger partial charge >= 0.3 is 7.82 Å². The summed E-state index contributed by atoms with van der Waals surface area (Å²) < 4.78 is 8.88. The Balaban J connectivity index is 0.000000437. The lowest BCUT2D eigenvalue weighted by Gasteiger charge is -2.08. The van der Waals surface area contributed by atoms with Crippen molar-refractivity contribution < 1.29 is 19.2 Å². The molecular formula is C6H7Cl4N2O4P. The molecule has 98 valence electrons. The Morgan fingerprint density at radius 2 is 1.35 bits per heavy atom. The predicted molar refractivity (Wildman–Crippen MR) is 68.6 cm³/mol. The fourth-order valence-electron chi connectivity index (χ4n) is 0.700. The van der Waals surface area contributed by atoms with Gasteiger partial charge < -0.3 is 20.1 Å². The van der Waals surface area contributed by atoms with E-state index in [4.69, 9.17) is 71.5 Å². The zero-order chi connectivity index (χ0) is 13.8. The Morgan fingerprint density at radius 1 is 1.06 bits per heavy atom. The minimum atomic E-state index is -4.64. The minimum absolute atomic E-state index is 0.258. The Morgan fingerprint density at radius 3 is 1.59 bits per heavy atom. The van der Waals surface area contributed by atoms with Gasteiger partial charge in [-0.2, -0.15) is 0 Å². The highest BCUT2D eigenvalue weighted by molar-refractivity contribution is 7.45. The van der Waals surface area contributed by atoms with Gasteiger partial charge in [-0.3, -0.25) is 5.84 Å². The number of nitrogens with two attached hydrogens (primary N) is 1. The van der Waals surface area contributed by atoms with Gasteiger partial charge in [-0.1, -0.05) is 46.4 Å². The van der Waals surface area contributed by atoms with Crippen LogP contribution in [0, 0.1) is 0 Å². The maximum absolute atomic E-state index is 8.88. The smallest absolute Gasteiger partial charge is 0.321 e. The van der Waals surface area contributed by atoms with Crippen LogP contribution in [0.1, 0.15) is 0 Å². The van der Waals surface area contributed by atoms with E-state index < -0.39 is 7.82 Å². The van der Waals surface area contributed by atoms with Gasteiger partial charge in [-0.05, 0) is 6.07 Å². The lowest BCUT2D eigenvalue weighted by molar-refractivity contribution is 0.275. The quantitative estimate of drug-likeness (QED) is 0.232. The van der Waals surface area contributed by atoms with Gasteiger partial charge in [-0.25, -0.2) is 4.57 Å². The van der Waals surface area contributed by atoms with Crippen LogP contribution >= 0.6 is 54.2 Å². The molecule has 0 atom stereocenters. The van der Waals surface area contributed by atoms with Crippen LogP contribution in [0.15, 0.2) is 6.07 Å². The first kappa shape index (κ1) is 17.2. The van der Waals surface area contributed by atoms with Crippen LogP contribution in [0.2, 0.25) is 20.1 Å². The number of nitrogen functional groups attached to an aromatic ring is 1. The van der Waals surface area contributed by atoms with Crippen LogP contribution in [0.4, 0.5) is 5.69 Å². The van der Waals surface area contributed by atoms with E-state index >= 15 is 0 Å². The molecule has 0 amide bonds. The second-order valence-corrected chi connectivity index (χ2v) is 5.10. The van der Waals surface area contributed by atoms with E-state index in [0.717, 1.165) is 0 Å². The molecule has 0 aliphatic rings. The number of halogens is 4. The Hall–Kier alpha value is 0.250. The number of nitrogens with one attached hydrogen (secondary N) is 1. The van der Waals surface area contributed by atoms with Gasteiger partial charge in [0, 0.05) is 0 Å². The molecule has 0 saturated carbocycles. The molecule has 6 nitrogen and oxygen atoms in total. The molecule has 0 unspecified atom stereocenters. The molecule has 11 heteroatoms. The average molecular weight is 344 g/mol. The molecular weight excluding hydrogens is 337 g/mol. The summed E-state index contributed by atoms with van der Waals surface area (Å²) in [6, 6.07) is 1.45. The van der Waals surface area contributed by atoms with Crippen LogP contribution in [-0.2, 0) is 4.57 Å². The summed E-state index contributed by atoms with van der Waals surface area (Å²) in [5.74, 6) is 5.15. The summed E-state index contributed by atoms with van der Waals surface area (Å²) in [5, 5.41) is 1.13. The van der Waals surface area contributed by atoms with Crippen molar-refractivity contribution in [3.63, 3.8) is 0 Å². The van der Waals surface area contributed by atoms with Crippen molar-refractivity contribution in [2.45, 2.75) is 0 Å². The normalized spacial score (nSPS) is 10.6. The maximum atomic E-state index is 8.88. The molecule has 0 spiro atoms.